The fourth-order valence-electron chi connectivity index (χ4n) is 1.67. The van der Waals surface area contributed by atoms with Crippen LogP contribution in [-0.2, 0) is 0 Å². The van der Waals surface area contributed by atoms with Gasteiger partial charge in [0, 0.05) is 6.07 Å². The number of nitrogens with two attached hydrogens (primary N) is 1. The fourth-order valence-corrected chi connectivity index (χ4v) is 1.67. The molecule has 0 radical (unpaired) electrons. The maximum Gasteiger partial charge on any atom is 0.243 e. The van der Waals surface area contributed by atoms with E-state index in [9.17, 15) is 0 Å². The van der Waals surface area contributed by atoms with Gasteiger partial charge in [0.15, 0.2) is 0 Å². The highest BCUT2D eigenvalue weighted by Gasteiger charge is 2.17. The Morgan fingerprint density at radius 2 is 2.16 bits per heavy atom. The van der Waals surface area contributed by atoms with Crippen LogP contribution in [0.2, 0.25) is 0 Å². The summed E-state index contributed by atoms with van der Waals surface area (Å²) in [5, 5.41) is 3.88. The van der Waals surface area contributed by atoms with Gasteiger partial charge in [0.2, 0.25) is 17.6 Å². The fraction of sp³-hybridized carbons (Fsp3) is 0.500. The molecule has 2 aromatic rings. The van der Waals surface area contributed by atoms with Crippen LogP contribution in [0.3, 0.4) is 0 Å². The predicted octanol–water partition coefficient (Wildman–Crippen LogP) is 1.58. The van der Waals surface area contributed by atoms with Crippen molar-refractivity contribution in [3.63, 3.8) is 0 Å². The Morgan fingerprint density at radius 3 is 2.84 bits per heavy atom. The molecule has 0 aliphatic carbocycles. The third kappa shape index (κ3) is 3.25. The minimum Gasteiger partial charge on any atom is -0.481 e. The van der Waals surface area contributed by atoms with Gasteiger partial charge in [0.1, 0.15) is 12.0 Å². The summed E-state index contributed by atoms with van der Waals surface area (Å²) in [6.07, 6.45) is 2.17. The van der Waals surface area contributed by atoms with Gasteiger partial charge in [-0.2, -0.15) is 4.98 Å². The van der Waals surface area contributed by atoms with Gasteiger partial charge in [-0.15, -0.1) is 0 Å². The van der Waals surface area contributed by atoms with Gasteiger partial charge in [-0.3, -0.25) is 0 Å². The number of nitrogens with zero attached hydrogens (tertiary/aromatic N) is 4. The molecule has 7 heteroatoms. The average Bonchev–Trinajstić information content (AvgIpc) is 2.88. The molecule has 0 aliphatic heterocycles. The largest absolute Gasteiger partial charge is 0.481 e. The summed E-state index contributed by atoms with van der Waals surface area (Å²) in [6.45, 7) is 4.18. The number of methoxy groups -OCH3 is 1. The molecule has 0 bridgehead atoms. The Bertz CT molecular complexity index is 540. The molecule has 0 saturated heterocycles. The monoisotopic (exact) mass is 263 g/mol. The maximum atomic E-state index is 5.99. The van der Waals surface area contributed by atoms with E-state index in [-0.39, 0.29) is 6.04 Å². The highest BCUT2D eigenvalue weighted by atomic mass is 16.5. The normalized spacial score (nSPS) is 12.7. The Balaban J connectivity index is 2.20. The van der Waals surface area contributed by atoms with Crippen LogP contribution in [0.4, 0.5) is 0 Å². The molecule has 2 aromatic heterocycles. The third-order valence-corrected chi connectivity index (χ3v) is 2.56. The molecular weight excluding hydrogens is 246 g/mol. The molecule has 19 heavy (non-hydrogen) atoms. The first kappa shape index (κ1) is 13.4. The number of rotatable bonds is 5. The summed E-state index contributed by atoms with van der Waals surface area (Å²) >= 11 is 0. The molecule has 0 unspecified atom stereocenters. The van der Waals surface area contributed by atoms with E-state index in [0.29, 0.717) is 29.2 Å². The maximum absolute atomic E-state index is 5.99. The molecular formula is C12H17N5O2. The molecule has 0 fully saturated rings. The quantitative estimate of drug-likeness (QED) is 0.873. The number of aromatic nitrogens is 4. The van der Waals surface area contributed by atoms with Crippen molar-refractivity contribution < 1.29 is 9.26 Å². The van der Waals surface area contributed by atoms with E-state index >= 15 is 0 Å². The highest BCUT2D eigenvalue weighted by molar-refractivity contribution is 5.49. The second kappa shape index (κ2) is 5.75. The van der Waals surface area contributed by atoms with Crippen LogP contribution in [0.25, 0.3) is 11.5 Å². The highest BCUT2D eigenvalue weighted by Crippen LogP contribution is 2.21. The molecule has 0 saturated carbocycles. The van der Waals surface area contributed by atoms with Gasteiger partial charge in [-0.1, -0.05) is 19.0 Å². The molecule has 2 rings (SSSR count). The first-order chi connectivity index (χ1) is 9.10. The summed E-state index contributed by atoms with van der Waals surface area (Å²) in [7, 11) is 1.53. The minimum absolute atomic E-state index is 0.259. The minimum atomic E-state index is -0.259. The van der Waals surface area contributed by atoms with Crippen LogP contribution in [-0.4, -0.2) is 27.2 Å². The molecule has 0 spiro atoms. The van der Waals surface area contributed by atoms with E-state index in [1.165, 1.54) is 13.4 Å². The smallest absolute Gasteiger partial charge is 0.243 e. The van der Waals surface area contributed by atoms with Crippen molar-refractivity contribution in [3.05, 3.63) is 18.3 Å². The van der Waals surface area contributed by atoms with Crippen molar-refractivity contribution in [2.45, 2.75) is 26.3 Å². The predicted molar refractivity (Wildman–Crippen MR) is 68.3 cm³/mol. The molecule has 0 aliphatic rings. The van der Waals surface area contributed by atoms with Crippen LogP contribution in [0.1, 0.15) is 32.2 Å². The topological polar surface area (TPSA) is 100.0 Å². The van der Waals surface area contributed by atoms with Crippen LogP contribution in [0, 0.1) is 5.92 Å². The van der Waals surface area contributed by atoms with Gasteiger partial charge in [0.05, 0.1) is 13.2 Å². The van der Waals surface area contributed by atoms with E-state index in [1.54, 1.807) is 6.07 Å². The number of hydrogen-bond acceptors (Lipinski definition) is 7. The van der Waals surface area contributed by atoms with Gasteiger partial charge in [-0.25, -0.2) is 9.97 Å². The molecule has 102 valence electrons. The summed E-state index contributed by atoms with van der Waals surface area (Å²) in [6, 6.07) is 1.38. The van der Waals surface area contributed by atoms with Crippen molar-refractivity contribution in [2.24, 2.45) is 11.7 Å². The van der Waals surface area contributed by atoms with E-state index in [2.05, 4.69) is 34.0 Å². The third-order valence-electron chi connectivity index (χ3n) is 2.56. The summed E-state index contributed by atoms with van der Waals surface area (Å²) in [4.78, 5) is 12.3. The SMILES string of the molecule is COc1cc(-c2noc([C@H](N)CC(C)C)n2)ncn1. The Kier molecular flexibility index (Phi) is 4.06. The number of hydrogen-bond donors (Lipinski definition) is 1. The van der Waals surface area contributed by atoms with Crippen molar-refractivity contribution >= 4 is 0 Å². The second-order valence-corrected chi connectivity index (χ2v) is 4.64. The van der Waals surface area contributed by atoms with Crippen molar-refractivity contribution in [2.75, 3.05) is 7.11 Å². The second-order valence-electron chi connectivity index (χ2n) is 4.64. The lowest BCUT2D eigenvalue weighted by Crippen LogP contribution is -2.13. The molecule has 0 aromatic carbocycles. The van der Waals surface area contributed by atoms with Gasteiger partial charge < -0.3 is 15.0 Å². The van der Waals surface area contributed by atoms with E-state index in [0.717, 1.165) is 6.42 Å². The zero-order valence-corrected chi connectivity index (χ0v) is 11.2. The van der Waals surface area contributed by atoms with Crippen molar-refractivity contribution in [1.29, 1.82) is 0 Å². The Morgan fingerprint density at radius 1 is 1.37 bits per heavy atom. The van der Waals surface area contributed by atoms with Gasteiger partial charge in [0.25, 0.3) is 0 Å². The zero-order chi connectivity index (χ0) is 13.8. The Hall–Kier alpha value is -2.02. The molecule has 0 amide bonds. The first-order valence-electron chi connectivity index (χ1n) is 6.05. The summed E-state index contributed by atoms with van der Waals surface area (Å²) in [5.74, 6) is 1.71. The molecule has 1 atom stereocenters. The van der Waals surface area contributed by atoms with Gasteiger partial charge in [-0.05, 0) is 12.3 Å². The lowest BCUT2D eigenvalue weighted by molar-refractivity contribution is 0.335. The summed E-state index contributed by atoms with van der Waals surface area (Å²) in [5.41, 5.74) is 6.53. The number of ether oxygens (including phenoxy) is 1. The van der Waals surface area contributed by atoms with Crippen LogP contribution in [0.5, 0.6) is 5.88 Å². The zero-order valence-electron chi connectivity index (χ0n) is 11.2. The molecule has 2 heterocycles. The lowest BCUT2D eigenvalue weighted by atomic mass is 10.0. The van der Waals surface area contributed by atoms with Crippen LogP contribution < -0.4 is 10.5 Å². The standard InChI is InChI=1S/C12H17N5O2/c1-7(2)4-8(13)12-16-11(17-19-12)9-5-10(18-3)15-6-14-9/h5-8H,4,13H2,1-3H3/t8-/m1/s1. The first-order valence-corrected chi connectivity index (χ1v) is 6.05. The molecule has 2 N–H and O–H groups in total. The van der Waals surface area contributed by atoms with E-state index in [4.69, 9.17) is 15.0 Å². The van der Waals surface area contributed by atoms with E-state index < -0.39 is 0 Å². The van der Waals surface area contributed by atoms with Crippen molar-refractivity contribution in [3.8, 4) is 17.4 Å². The summed E-state index contributed by atoms with van der Waals surface area (Å²) < 4.78 is 10.2. The molecule has 7 nitrogen and oxygen atoms in total. The Labute approximate surface area is 111 Å². The lowest BCUT2D eigenvalue weighted by Gasteiger charge is -2.08. The van der Waals surface area contributed by atoms with Crippen molar-refractivity contribution in [1.82, 2.24) is 20.1 Å². The van der Waals surface area contributed by atoms with E-state index in [1.807, 2.05) is 0 Å². The van der Waals surface area contributed by atoms with Crippen LogP contribution in [0.15, 0.2) is 16.9 Å². The van der Waals surface area contributed by atoms with Gasteiger partial charge >= 0.3 is 0 Å². The van der Waals surface area contributed by atoms with Crippen LogP contribution >= 0.6 is 0 Å². The average molecular weight is 263 g/mol.